The third kappa shape index (κ3) is 3.65. The number of halogens is 3. The summed E-state index contributed by atoms with van der Waals surface area (Å²) in [7, 11) is 0. The van der Waals surface area contributed by atoms with Gasteiger partial charge in [0.05, 0.1) is 22.9 Å². The predicted molar refractivity (Wildman–Crippen MR) is 87.4 cm³/mol. The molecule has 0 spiro atoms. The highest BCUT2D eigenvalue weighted by Crippen LogP contribution is 2.34. The third-order valence-electron chi connectivity index (χ3n) is 4.18. The second kappa shape index (κ2) is 6.59. The minimum absolute atomic E-state index is 0.357. The lowest BCUT2D eigenvalue weighted by Gasteiger charge is -2.36. The van der Waals surface area contributed by atoms with Crippen molar-refractivity contribution < 1.29 is 13.2 Å². The van der Waals surface area contributed by atoms with E-state index in [2.05, 4.69) is 15.1 Å². The van der Waals surface area contributed by atoms with Gasteiger partial charge in [0.1, 0.15) is 0 Å². The van der Waals surface area contributed by atoms with Gasteiger partial charge in [-0.3, -0.25) is 0 Å². The van der Waals surface area contributed by atoms with Gasteiger partial charge in [0.2, 0.25) is 0 Å². The van der Waals surface area contributed by atoms with Gasteiger partial charge in [-0.15, -0.1) is 5.10 Å². The fourth-order valence-electron chi connectivity index (χ4n) is 2.82. The number of rotatable bonds is 2. The van der Waals surface area contributed by atoms with E-state index in [0.717, 1.165) is 17.6 Å². The highest BCUT2D eigenvalue weighted by molar-refractivity contribution is 5.56. The Hall–Kier alpha value is -2.82. The maximum atomic E-state index is 13.1. The van der Waals surface area contributed by atoms with Crippen LogP contribution in [0, 0.1) is 18.3 Å². The molecule has 1 saturated heterocycles. The number of hydrogen-bond donors (Lipinski definition) is 0. The van der Waals surface area contributed by atoms with Crippen molar-refractivity contribution in [3.8, 4) is 6.07 Å². The Labute approximate surface area is 143 Å². The molecule has 3 rings (SSSR count). The Morgan fingerprint density at radius 3 is 2.24 bits per heavy atom. The normalized spacial score (nSPS) is 15.2. The molecule has 1 aromatic carbocycles. The van der Waals surface area contributed by atoms with Crippen LogP contribution in [-0.2, 0) is 6.18 Å². The fourth-order valence-corrected chi connectivity index (χ4v) is 2.82. The van der Waals surface area contributed by atoms with Crippen LogP contribution in [0.2, 0.25) is 0 Å². The average molecular weight is 347 g/mol. The first kappa shape index (κ1) is 17.0. The SMILES string of the molecule is Cc1ccc(N2CCN(c3ccc(C#N)c(C(F)(F)F)c3)CC2)nn1. The summed E-state index contributed by atoms with van der Waals surface area (Å²) in [5.74, 6) is 0.765. The highest BCUT2D eigenvalue weighted by atomic mass is 19.4. The second-order valence-corrected chi connectivity index (χ2v) is 5.85. The van der Waals surface area contributed by atoms with Crippen LogP contribution < -0.4 is 9.80 Å². The van der Waals surface area contributed by atoms with Gasteiger partial charge in [-0.2, -0.15) is 23.5 Å². The second-order valence-electron chi connectivity index (χ2n) is 5.85. The molecule has 1 aromatic heterocycles. The van der Waals surface area contributed by atoms with Crippen molar-refractivity contribution in [2.75, 3.05) is 36.0 Å². The lowest BCUT2D eigenvalue weighted by atomic mass is 10.1. The Kier molecular flexibility index (Phi) is 4.49. The van der Waals surface area contributed by atoms with Crippen LogP contribution in [0.15, 0.2) is 30.3 Å². The predicted octanol–water partition coefficient (Wildman–Crippen LogP) is 3.00. The van der Waals surface area contributed by atoms with Gasteiger partial charge in [0.15, 0.2) is 5.82 Å². The standard InChI is InChI=1S/C17H16F3N5/c1-12-2-5-16(23-22-12)25-8-6-24(7-9-25)14-4-3-13(11-21)15(10-14)17(18,19)20/h2-5,10H,6-9H2,1H3. The van der Waals surface area contributed by atoms with Crippen LogP contribution in [0.25, 0.3) is 0 Å². The van der Waals surface area contributed by atoms with E-state index >= 15 is 0 Å². The van der Waals surface area contributed by atoms with Crippen molar-refractivity contribution in [3.05, 3.63) is 47.2 Å². The zero-order valence-corrected chi connectivity index (χ0v) is 13.6. The van der Waals surface area contributed by atoms with E-state index in [1.165, 1.54) is 6.07 Å². The molecule has 1 aliphatic heterocycles. The summed E-state index contributed by atoms with van der Waals surface area (Å²) in [6.45, 7) is 4.27. The highest BCUT2D eigenvalue weighted by Gasteiger charge is 2.34. The van der Waals surface area contributed by atoms with E-state index in [1.54, 1.807) is 12.1 Å². The largest absolute Gasteiger partial charge is 0.417 e. The molecule has 0 unspecified atom stereocenters. The van der Waals surface area contributed by atoms with E-state index < -0.39 is 11.7 Å². The quantitative estimate of drug-likeness (QED) is 0.836. The molecule has 1 fully saturated rings. The smallest absolute Gasteiger partial charge is 0.368 e. The molecule has 130 valence electrons. The van der Waals surface area contributed by atoms with Gasteiger partial charge in [0, 0.05) is 31.9 Å². The molecule has 25 heavy (non-hydrogen) atoms. The topological polar surface area (TPSA) is 56.0 Å². The number of aromatic nitrogens is 2. The number of benzene rings is 1. The van der Waals surface area contributed by atoms with Crippen LogP contribution in [0.3, 0.4) is 0 Å². The molecule has 8 heteroatoms. The lowest BCUT2D eigenvalue weighted by Crippen LogP contribution is -2.47. The van der Waals surface area contributed by atoms with Gasteiger partial charge >= 0.3 is 6.18 Å². The van der Waals surface area contributed by atoms with Gasteiger partial charge in [0.25, 0.3) is 0 Å². The van der Waals surface area contributed by atoms with Gasteiger partial charge in [-0.25, -0.2) is 0 Å². The molecule has 2 aromatic rings. The number of nitrogens with zero attached hydrogens (tertiary/aromatic N) is 5. The summed E-state index contributed by atoms with van der Waals surface area (Å²) in [6.07, 6.45) is -4.54. The molecule has 0 saturated carbocycles. The third-order valence-corrected chi connectivity index (χ3v) is 4.18. The number of piperazine rings is 1. The zero-order chi connectivity index (χ0) is 18.0. The minimum Gasteiger partial charge on any atom is -0.368 e. The molecule has 1 aliphatic rings. The van der Waals surface area contributed by atoms with E-state index in [-0.39, 0.29) is 5.56 Å². The molecule has 0 atom stereocenters. The molecule has 5 nitrogen and oxygen atoms in total. The van der Waals surface area contributed by atoms with Crippen LogP contribution >= 0.6 is 0 Å². The summed E-state index contributed by atoms with van der Waals surface area (Å²) in [5.41, 5.74) is 0.0600. The van der Waals surface area contributed by atoms with Crippen LogP contribution in [0.1, 0.15) is 16.8 Å². The number of alkyl halides is 3. The average Bonchev–Trinajstić information content (AvgIpc) is 2.61. The minimum atomic E-state index is -4.54. The van der Waals surface area contributed by atoms with Crippen molar-refractivity contribution in [3.63, 3.8) is 0 Å². The summed E-state index contributed by atoms with van der Waals surface area (Å²) in [4.78, 5) is 3.94. The van der Waals surface area contributed by atoms with Gasteiger partial charge in [-0.05, 0) is 37.3 Å². The number of nitriles is 1. The first-order chi connectivity index (χ1) is 11.9. The van der Waals surface area contributed by atoms with Gasteiger partial charge in [-0.1, -0.05) is 0 Å². The Morgan fingerprint density at radius 2 is 1.68 bits per heavy atom. The summed E-state index contributed by atoms with van der Waals surface area (Å²) < 4.78 is 39.3. The zero-order valence-electron chi connectivity index (χ0n) is 13.6. The van der Waals surface area contributed by atoms with Crippen molar-refractivity contribution >= 4 is 11.5 Å². The van der Waals surface area contributed by atoms with Crippen LogP contribution in [0.4, 0.5) is 24.7 Å². The summed E-state index contributed by atoms with van der Waals surface area (Å²) in [6, 6.07) is 9.23. The summed E-state index contributed by atoms with van der Waals surface area (Å²) in [5, 5.41) is 17.0. The van der Waals surface area contributed by atoms with Crippen molar-refractivity contribution in [1.82, 2.24) is 10.2 Å². The van der Waals surface area contributed by atoms with Crippen molar-refractivity contribution in [1.29, 1.82) is 5.26 Å². The van der Waals surface area contributed by atoms with Gasteiger partial charge < -0.3 is 9.80 Å². The van der Waals surface area contributed by atoms with Crippen LogP contribution in [0.5, 0.6) is 0 Å². The molecule has 0 N–H and O–H groups in total. The Morgan fingerprint density at radius 1 is 1.00 bits per heavy atom. The molecule has 0 amide bonds. The molecular weight excluding hydrogens is 331 g/mol. The Balaban J connectivity index is 1.75. The first-order valence-electron chi connectivity index (χ1n) is 7.80. The first-order valence-corrected chi connectivity index (χ1v) is 7.80. The van der Waals surface area contributed by atoms with E-state index in [1.807, 2.05) is 24.0 Å². The molecule has 2 heterocycles. The molecular formula is C17H16F3N5. The molecule has 0 aliphatic carbocycles. The van der Waals surface area contributed by atoms with E-state index in [9.17, 15) is 13.2 Å². The van der Waals surface area contributed by atoms with Crippen molar-refractivity contribution in [2.45, 2.75) is 13.1 Å². The number of hydrogen-bond acceptors (Lipinski definition) is 5. The number of aryl methyl sites for hydroxylation is 1. The monoisotopic (exact) mass is 347 g/mol. The fraction of sp³-hybridized carbons (Fsp3) is 0.353. The van der Waals surface area contributed by atoms with Crippen molar-refractivity contribution in [2.24, 2.45) is 0 Å². The maximum Gasteiger partial charge on any atom is 0.417 e. The van der Waals surface area contributed by atoms with E-state index in [4.69, 9.17) is 5.26 Å². The van der Waals surface area contributed by atoms with Crippen LogP contribution in [-0.4, -0.2) is 36.4 Å². The van der Waals surface area contributed by atoms with E-state index in [0.29, 0.717) is 31.9 Å². The lowest BCUT2D eigenvalue weighted by molar-refractivity contribution is -0.137. The summed E-state index contributed by atoms with van der Waals surface area (Å²) >= 11 is 0. The molecule has 0 bridgehead atoms. The molecule has 0 radical (unpaired) electrons. The maximum absolute atomic E-state index is 13.1. The number of anilines is 2. The Bertz CT molecular complexity index is 787.